The Kier molecular flexibility index (Phi) is 4.38. The van der Waals surface area contributed by atoms with E-state index in [2.05, 4.69) is 15.0 Å². The van der Waals surface area contributed by atoms with Gasteiger partial charge < -0.3 is 25.3 Å². The van der Waals surface area contributed by atoms with E-state index in [1.54, 1.807) is 0 Å². The molecule has 0 spiro atoms. The number of ether oxygens (including phenoxy) is 1. The van der Waals surface area contributed by atoms with Gasteiger partial charge in [0.05, 0.1) is 6.54 Å². The lowest BCUT2D eigenvalue weighted by atomic mass is 10.3. The summed E-state index contributed by atoms with van der Waals surface area (Å²) in [5, 5.41) is 21.3. The van der Waals surface area contributed by atoms with Crippen LogP contribution in [0.25, 0.3) is 0 Å². The Morgan fingerprint density at radius 1 is 1.61 bits per heavy atom. The molecule has 1 aromatic heterocycles. The fourth-order valence-electron chi connectivity index (χ4n) is 1.17. The predicted molar refractivity (Wildman–Crippen MR) is 58.2 cm³/mol. The van der Waals surface area contributed by atoms with Crippen molar-refractivity contribution in [2.75, 3.05) is 13.7 Å². The van der Waals surface area contributed by atoms with Crippen molar-refractivity contribution in [2.45, 2.75) is 6.10 Å². The second-order valence-electron chi connectivity index (χ2n) is 3.29. The van der Waals surface area contributed by atoms with Gasteiger partial charge in [-0.25, -0.2) is 9.78 Å². The third kappa shape index (κ3) is 3.28. The molecule has 0 aromatic carbocycles. The predicted octanol–water partition coefficient (Wildman–Crippen LogP) is -0.248. The summed E-state index contributed by atoms with van der Waals surface area (Å²) in [6.07, 6.45) is -1.17. The first-order valence-electron chi connectivity index (χ1n) is 4.83. The Balaban J connectivity index is 2.59. The number of methoxy groups -OCH3 is 1. The summed E-state index contributed by atoms with van der Waals surface area (Å²) in [5.74, 6) is -2.18. The van der Waals surface area contributed by atoms with Gasteiger partial charge in [0.2, 0.25) is 0 Å². The van der Waals surface area contributed by atoms with E-state index in [0.29, 0.717) is 0 Å². The number of carboxylic acid groups (broad SMARTS) is 1. The summed E-state index contributed by atoms with van der Waals surface area (Å²) in [6, 6.07) is 2.37. The van der Waals surface area contributed by atoms with Crippen molar-refractivity contribution in [3.8, 4) is 0 Å². The van der Waals surface area contributed by atoms with Gasteiger partial charge in [-0.2, -0.15) is 0 Å². The standard InChI is InChI=1S/C9H11N3O6/c1-18-6(9(14)15)4-10-8(13)5-2-3-7(11-5)12(16)17/h2-3,6,11H,4H2,1H3,(H,10,13)(H,14,15). The molecule has 98 valence electrons. The van der Waals surface area contributed by atoms with Gasteiger partial charge in [0.1, 0.15) is 0 Å². The van der Waals surface area contributed by atoms with E-state index in [0.717, 1.165) is 6.07 Å². The number of hydrogen-bond acceptors (Lipinski definition) is 5. The van der Waals surface area contributed by atoms with Crippen LogP contribution in [0.5, 0.6) is 0 Å². The number of nitro groups is 1. The molecular weight excluding hydrogens is 246 g/mol. The molecule has 1 unspecified atom stereocenters. The maximum Gasteiger partial charge on any atom is 0.334 e. The Morgan fingerprint density at radius 2 is 2.28 bits per heavy atom. The number of hydrogen-bond donors (Lipinski definition) is 3. The minimum Gasteiger partial charge on any atom is -0.479 e. The molecule has 0 saturated heterocycles. The average molecular weight is 257 g/mol. The van der Waals surface area contributed by atoms with Crippen molar-refractivity contribution < 1.29 is 24.4 Å². The van der Waals surface area contributed by atoms with Crippen LogP contribution in [0, 0.1) is 10.1 Å². The highest BCUT2D eigenvalue weighted by Gasteiger charge is 2.20. The molecule has 1 heterocycles. The van der Waals surface area contributed by atoms with Gasteiger partial charge >= 0.3 is 11.8 Å². The zero-order chi connectivity index (χ0) is 13.7. The van der Waals surface area contributed by atoms with E-state index < -0.39 is 22.9 Å². The zero-order valence-electron chi connectivity index (χ0n) is 9.37. The molecule has 0 bridgehead atoms. The van der Waals surface area contributed by atoms with Crippen LogP contribution in [0.1, 0.15) is 10.5 Å². The quantitative estimate of drug-likeness (QED) is 0.475. The van der Waals surface area contributed by atoms with Crippen molar-refractivity contribution in [3.05, 3.63) is 27.9 Å². The largest absolute Gasteiger partial charge is 0.479 e. The molecule has 0 saturated carbocycles. The molecular formula is C9H11N3O6. The number of aromatic nitrogens is 1. The molecule has 1 aromatic rings. The third-order valence-electron chi connectivity index (χ3n) is 2.12. The molecule has 1 amide bonds. The first kappa shape index (κ1) is 13.6. The van der Waals surface area contributed by atoms with Crippen molar-refractivity contribution in [1.29, 1.82) is 0 Å². The number of rotatable bonds is 6. The molecule has 1 rings (SSSR count). The third-order valence-corrected chi connectivity index (χ3v) is 2.12. The maximum absolute atomic E-state index is 11.5. The smallest absolute Gasteiger partial charge is 0.334 e. The van der Waals surface area contributed by atoms with Gasteiger partial charge in [0, 0.05) is 13.2 Å². The average Bonchev–Trinajstić information content (AvgIpc) is 2.78. The number of carboxylic acids is 1. The fraction of sp³-hybridized carbons (Fsp3) is 0.333. The van der Waals surface area contributed by atoms with Crippen LogP contribution in [0.15, 0.2) is 12.1 Å². The van der Waals surface area contributed by atoms with E-state index >= 15 is 0 Å². The lowest BCUT2D eigenvalue weighted by molar-refractivity contribution is -0.389. The van der Waals surface area contributed by atoms with Crippen LogP contribution >= 0.6 is 0 Å². The number of carbonyl (C=O) groups excluding carboxylic acids is 1. The Bertz CT molecular complexity index is 469. The number of aromatic amines is 1. The Hall–Kier alpha value is -2.42. The van der Waals surface area contributed by atoms with Crippen LogP contribution in [0.4, 0.5) is 5.82 Å². The Labute approximate surface area is 101 Å². The van der Waals surface area contributed by atoms with Crippen LogP contribution in [-0.2, 0) is 9.53 Å². The second kappa shape index (κ2) is 5.77. The molecule has 9 nitrogen and oxygen atoms in total. The Morgan fingerprint density at radius 3 is 2.72 bits per heavy atom. The highest BCUT2D eigenvalue weighted by atomic mass is 16.6. The van der Waals surface area contributed by atoms with Gasteiger partial charge in [-0.05, 0) is 11.0 Å². The summed E-state index contributed by atoms with van der Waals surface area (Å²) in [7, 11) is 1.20. The molecule has 0 radical (unpaired) electrons. The van der Waals surface area contributed by atoms with Crippen molar-refractivity contribution in [2.24, 2.45) is 0 Å². The lowest BCUT2D eigenvalue weighted by Gasteiger charge is -2.10. The zero-order valence-corrected chi connectivity index (χ0v) is 9.37. The van der Waals surface area contributed by atoms with E-state index in [4.69, 9.17) is 5.11 Å². The number of amides is 1. The number of carbonyl (C=O) groups is 2. The normalized spacial score (nSPS) is 11.8. The molecule has 0 aliphatic carbocycles. The molecule has 0 aliphatic rings. The van der Waals surface area contributed by atoms with Crippen LogP contribution < -0.4 is 5.32 Å². The molecule has 1 atom stereocenters. The number of H-pyrrole nitrogens is 1. The SMILES string of the molecule is COC(CNC(=O)c1ccc([N+](=O)[O-])[nH]1)C(=O)O. The monoisotopic (exact) mass is 257 g/mol. The summed E-state index contributed by atoms with van der Waals surface area (Å²) in [4.78, 5) is 34.1. The van der Waals surface area contributed by atoms with Crippen LogP contribution in [0.3, 0.4) is 0 Å². The molecule has 0 fully saturated rings. The van der Waals surface area contributed by atoms with Gasteiger partial charge in [-0.1, -0.05) is 0 Å². The first-order chi connectivity index (χ1) is 8.45. The van der Waals surface area contributed by atoms with Gasteiger partial charge in [-0.15, -0.1) is 0 Å². The maximum atomic E-state index is 11.5. The van der Waals surface area contributed by atoms with Crippen LogP contribution in [-0.4, -0.2) is 46.6 Å². The highest BCUT2D eigenvalue weighted by Crippen LogP contribution is 2.09. The minimum atomic E-state index is -1.21. The van der Waals surface area contributed by atoms with E-state index in [-0.39, 0.29) is 18.1 Å². The van der Waals surface area contributed by atoms with Gasteiger partial charge in [0.25, 0.3) is 5.91 Å². The number of nitrogens with zero attached hydrogens (tertiary/aromatic N) is 1. The van der Waals surface area contributed by atoms with Gasteiger partial charge in [-0.3, -0.25) is 4.79 Å². The van der Waals surface area contributed by atoms with Crippen LogP contribution in [0.2, 0.25) is 0 Å². The summed E-state index contributed by atoms with van der Waals surface area (Å²) in [6.45, 7) is -0.239. The van der Waals surface area contributed by atoms with E-state index in [1.165, 1.54) is 13.2 Å². The second-order valence-corrected chi connectivity index (χ2v) is 3.29. The fourth-order valence-corrected chi connectivity index (χ4v) is 1.17. The van der Waals surface area contributed by atoms with Crippen molar-refractivity contribution in [3.63, 3.8) is 0 Å². The van der Waals surface area contributed by atoms with Crippen molar-refractivity contribution >= 4 is 17.7 Å². The molecule has 9 heteroatoms. The molecule has 0 aliphatic heterocycles. The summed E-state index contributed by atoms with van der Waals surface area (Å²) in [5.41, 5.74) is -0.0260. The summed E-state index contributed by atoms with van der Waals surface area (Å²) >= 11 is 0. The van der Waals surface area contributed by atoms with E-state index in [9.17, 15) is 19.7 Å². The molecule has 18 heavy (non-hydrogen) atoms. The minimum absolute atomic E-state index is 0.0260. The lowest BCUT2D eigenvalue weighted by Crippen LogP contribution is -2.37. The van der Waals surface area contributed by atoms with E-state index in [1.807, 2.05) is 0 Å². The topological polar surface area (TPSA) is 135 Å². The number of nitrogens with one attached hydrogen (secondary N) is 2. The van der Waals surface area contributed by atoms with Gasteiger partial charge in [0.15, 0.2) is 11.8 Å². The first-order valence-corrected chi connectivity index (χ1v) is 4.83. The highest BCUT2D eigenvalue weighted by molar-refractivity contribution is 5.93. The molecule has 3 N–H and O–H groups in total. The number of aliphatic carboxylic acids is 1. The summed E-state index contributed by atoms with van der Waals surface area (Å²) < 4.78 is 4.61. The van der Waals surface area contributed by atoms with Crippen molar-refractivity contribution in [1.82, 2.24) is 10.3 Å².